The molecule has 2 atom stereocenters. The van der Waals surface area contributed by atoms with Crippen LogP contribution in [-0.2, 0) is 6.42 Å². The summed E-state index contributed by atoms with van der Waals surface area (Å²) in [7, 11) is 0. The molecular weight excluding hydrogens is 384 g/mol. The van der Waals surface area contributed by atoms with Gasteiger partial charge in [-0.15, -0.1) is 11.6 Å². The topological polar surface area (TPSA) is 0 Å². The number of rotatable bonds is 20. The molecule has 0 heterocycles. The zero-order chi connectivity index (χ0) is 21.9. The summed E-state index contributed by atoms with van der Waals surface area (Å²) in [6.45, 7) is 6.89. The molecule has 0 fully saturated rings. The Kier molecular flexibility index (Phi) is 16.6. The van der Waals surface area contributed by atoms with Gasteiger partial charge >= 0.3 is 0 Å². The second-order valence-electron chi connectivity index (χ2n) is 9.54. The molecule has 0 aliphatic rings. The predicted molar refractivity (Wildman–Crippen MR) is 138 cm³/mol. The van der Waals surface area contributed by atoms with Gasteiger partial charge in [0, 0.05) is 0 Å². The van der Waals surface area contributed by atoms with Crippen LogP contribution in [0.5, 0.6) is 0 Å². The van der Waals surface area contributed by atoms with Crippen molar-refractivity contribution in [1.29, 1.82) is 0 Å². The van der Waals surface area contributed by atoms with Gasteiger partial charge in [-0.3, -0.25) is 0 Å². The van der Waals surface area contributed by atoms with E-state index in [0.717, 1.165) is 12.8 Å². The molecule has 0 saturated carbocycles. The Bertz CT molecular complexity index is 482. The summed E-state index contributed by atoms with van der Waals surface area (Å²) in [6.07, 6.45) is 24.5. The number of benzene rings is 1. The molecule has 2 unspecified atom stereocenters. The van der Waals surface area contributed by atoms with Gasteiger partial charge in [-0.25, -0.2) is 0 Å². The quantitative estimate of drug-likeness (QED) is 0.141. The van der Waals surface area contributed by atoms with Gasteiger partial charge in [-0.05, 0) is 30.7 Å². The highest BCUT2D eigenvalue weighted by Gasteiger charge is 2.33. The second kappa shape index (κ2) is 18.1. The van der Waals surface area contributed by atoms with E-state index in [1.165, 1.54) is 108 Å². The maximum absolute atomic E-state index is 7.18. The average Bonchev–Trinajstić information content (AvgIpc) is 2.77. The fourth-order valence-electron chi connectivity index (χ4n) is 4.91. The van der Waals surface area contributed by atoms with Gasteiger partial charge < -0.3 is 0 Å². The van der Waals surface area contributed by atoms with Crippen molar-refractivity contribution in [2.45, 2.75) is 141 Å². The molecule has 1 heteroatoms. The minimum absolute atomic E-state index is 0.0767. The highest BCUT2D eigenvalue weighted by Crippen LogP contribution is 2.38. The van der Waals surface area contributed by atoms with Gasteiger partial charge in [-0.1, -0.05) is 147 Å². The monoisotopic (exact) mass is 434 g/mol. The molecule has 0 radical (unpaired) electrons. The Hall–Kier alpha value is -0.490. The SMILES string of the molecule is CCCCCCCCCCCCCCCCC(CC)C(Cl)(CC)Cc1ccccc1. The molecule has 0 bridgehead atoms. The lowest BCUT2D eigenvalue weighted by atomic mass is 9.79. The van der Waals surface area contributed by atoms with Crippen LogP contribution in [0.25, 0.3) is 0 Å². The van der Waals surface area contributed by atoms with E-state index in [2.05, 4.69) is 51.1 Å². The molecule has 0 aromatic heterocycles. The van der Waals surface area contributed by atoms with E-state index in [-0.39, 0.29) is 4.87 Å². The standard InChI is InChI=1S/C29H51Cl/c1-4-7-8-9-10-11-12-13-14-15-16-17-18-22-25-28(5-2)29(30,6-3)26-27-23-20-19-21-24-27/h19-21,23-24,28H,4-18,22,25-26H2,1-3H3. The van der Waals surface area contributed by atoms with Crippen LogP contribution in [0.3, 0.4) is 0 Å². The molecule has 0 amide bonds. The first-order valence-corrected chi connectivity index (χ1v) is 13.8. The highest BCUT2D eigenvalue weighted by atomic mass is 35.5. The summed E-state index contributed by atoms with van der Waals surface area (Å²) < 4.78 is 0. The second-order valence-corrected chi connectivity index (χ2v) is 10.3. The van der Waals surface area contributed by atoms with Crippen molar-refractivity contribution in [2.75, 3.05) is 0 Å². The van der Waals surface area contributed by atoms with Gasteiger partial charge in [0.2, 0.25) is 0 Å². The molecule has 0 aliphatic carbocycles. The largest absolute Gasteiger partial charge is 0.119 e. The van der Waals surface area contributed by atoms with Crippen molar-refractivity contribution < 1.29 is 0 Å². The van der Waals surface area contributed by atoms with Crippen LogP contribution in [0.1, 0.15) is 135 Å². The first-order chi connectivity index (χ1) is 14.7. The third-order valence-electron chi connectivity index (χ3n) is 7.06. The molecule has 0 nitrogen and oxygen atoms in total. The Labute approximate surface area is 194 Å². The number of alkyl halides is 1. The Morgan fingerprint density at radius 1 is 0.667 bits per heavy atom. The molecule has 0 saturated heterocycles. The van der Waals surface area contributed by atoms with Crippen LogP contribution >= 0.6 is 11.6 Å². The predicted octanol–water partition coefficient (Wildman–Crippen LogP) is 10.5. The third kappa shape index (κ3) is 12.4. The Morgan fingerprint density at radius 3 is 1.57 bits per heavy atom. The molecule has 174 valence electrons. The van der Waals surface area contributed by atoms with E-state index in [1.54, 1.807) is 0 Å². The van der Waals surface area contributed by atoms with E-state index in [4.69, 9.17) is 11.6 Å². The summed E-state index contributed by atoms with van der Waals surface area (Å²) in [5.74, 6) is 0.627. The summed E-state index contributed by atoms with van der Waals surface area (Å²) in [5.41, 5.74) is 1.38. The maximum atomic E-state index is 7.18. The number of halogens is 1. The van der Waals surface area contributed by atoms with Crippen LogP contribution in [-0.4, -0.2) is 4.87 Å². The van der Waals surface area contributed by atoms with E-state index in [0.29, 0.717) is 5.92 Å². The maximum Gasteiger partial charge on any atom is 0.0512 e. The van der Waals surface area contributed by atoms with Crippen molar-refractivity contribution >= 4 is 11.6 Å². The van der Waals surface area contributed by atoms with Gasteiger partial charge in [-0.2, -0.15) is 0 Å². The molecule has 30 heavy (non-hydrogen) atoms. The number of unbranched alkanes of at least 4 members (excludes halogenated alkanes) is 13. The first-order valence-electron chi connectivity index (χ1n) is 13.4. The van der Waals surface area contributed by atoms with Gasteiger partial charge in [0.15, 0.2) is 0 Å². The summed E-state index contributed by atoms with van der Waals surface area (Å²) in [5, 5.41) is 0. The van der Waals surface area contributed by atoms with Crippen molar-refractivity contribution in [3.8, 4) is 0 Å². The van der Waals surface area contributed by atoms with Crippen molar-refractivity contribution in [3.63, 3.8) is 0 Å². The first kappa shape index (κ1) is 27.5. The third-order valence-corrected chi connectivity index (χ3v) is 7.77. The van der Waals surface area contributed by atoms with Crippen LogP contribution in [0, 0.1) is 5.92 Å². The van der Waals surface area contributed by atoms with Crippen LogP contribution in [0.2, 0.25) is 0 Å². The van der Waals surface area contributed by atoms with E-state index >= 15 is 0 Å². The average molecular weight is 435 g/mol. The smallest absolute Gasteiger partial charge is 0.0512 e. The molecule has 0 N–H and O–H groups in total. The van der Waals surface area contributed by atoms with E-state index < -0.39 is 0 Å². The molecular formula is C29H51Cl. The van der Waals surface area contributed by atoms with Crippen LogP contribution < -0.4 is 0 Å². The molecule has 1 aromatic rings. The lowest BCUT2D eigenvalue weighted by Gasteiger charge is -2.35. The fraction of sp³-hybridized carbons (Fsp3) is 0.793. The number of hydrogen-bond acceptors (Lipinski definition) is 0. The van der Waals surface area contributed by atoms with E-state index in [9.17, 15) is 0 Å². The van der Waals surface area contributed by atoms with Gasteiger partial charge in [0.25, 0.3) is 0 Å². The molecule has 0 spiro atoms. The molecule has 1 aromatic carbocycles. The van der Waals surface area contributed by atoms with Crippen LogP contribution in [0.15, 0.2) is 30.3 Å². The van der Waals surface area contributed by atoms with Crippen molar-refractivity contribution in [1.82, 2.24) is 0 Å². The molecule has 0 aliphatic heterocycles. The van der Waals surface area contributed by atoms with Crippen LogP contribution in [0.4, 0.5) is 0 Å². The number of hydrogen-bond donors (Lipinski definition) is 0. The van der Waals surface area contributed by atoms with Crippen molar-refractivity contribution in [2.24, 2.45) is 5.92 Å². The van der Waals surface area contributed by atoms with E-state index in [1.807, 2.05) is 0 Å². The summed E-state index contributed by atoms with van der Waals surface area (Å²) in [4.78, 5) is -0.0767. The fourth-order valence-corrected chi connectivity index (χ4v) is 5.32. The summed E-state index contributed by atoms with van der Waals surface area (Å²) >= 11 is 7.18. The Morgan fingerprint density at radius 2 is 1.13 bits per heavy atom. The van der Waals surface area contributed by atoms with Crippen molar-refractivity contribution in [3.05, 3.63) is 35.9 Å². The van der Waals surface area contributed by atoms with Gasteiger partial charge in [0.05, 0.1) is 4.87 Å². The lowest BCUT2D eigenvalue weighted by Crippen LogP contribution is -2.33. The minimum atomic E-state index is -0.0767. The van der Waals surface area contributed by atoms with Gasteiger partial charge in [0.1, 0.15) is 0 Å². The Balaban J connectivity index is 2.08. The molecule has 1 rings (SSSR count). The lowest BCUT2D eigenvalue weighted by molar-refractivity contribution is 0.312. The highest BCUT2D eigenvalue weighted by molar-refractivity contribution is 6.24. The minimum Gasteiger partial charge on any atom is -0.119 e. The zero-order valence-electron chi connectivity index (χ0n) is 20.6. The normalized spacial score (nSPS) is 14.5. The summed E-state index contributed by atoms with van der Waals surface area (Å²) in [6, 6.07) is 10.8. The zero-order valence-corrected chi connectivity index (χ0v) is 21.3.